The minimum absolute atomic E-state index is 0.0843. The molecule has 0 unspecified atom stereocenters. The third-order valence-corrected chi connectivity index (χ3v) is 4.44. The van der Waals surface area contributed by atoms with E-state index in [1.165, 1.54) is 36.4 Å². The van der Waals surface area contributed by atoms with E-state index in [1.807, 2.05) is 0 Å². The maximum absolute atomic E-state index is 13.4. The van der Waals surface area contributed by atoms with E-state index in [9.17, 15) is 22.4 Å². The summed E-state index contributed by atoms with van der Waals surface area (Å²) >= 11 is 0. The van der Waals surface area contributed by atoms with Gasteiger partial charge in [0.05, 0.1) is 17.5 Å². The number of hydrogen-bond donors (Lipinski definition) is 3. The lowest BCUT2D eigenvalue weighted by molar-refractivity contribution is 0.102. The summed E-state index contributed by atoms with van der Waals surface area (Å²) in [6.07, 6.45) is 0.979. The van der Waals surface area contributed by atoms with Crippen molar-refractivity contribution >= 4 is 38.2 Å². The fourth-order valence-electron chi connectivity index (χ4n) is 2.60. The summed E-state index contributed by atoms with van der Waals surface area (Å²) in [6, 6.07) is 9.58. The van der Waals surface area contributed by atoms with Crippen LogP contribution >= 0.6 is 0 Å². The maximum Gasteiger partial charge on any atom is 0.272 e. The van der Waals surface area contributed by atoms with E-state index in [1.54, 1.807) is 6.92 Å². The van der Waals surface area contributed by atoms with Crippen LogP contribution in [0.1, 0.15) is 16.1 Å². The van der Waals surface area contributed by atoms with Gasteiger partial charge in [0, 0.05) is 17.1 Å². The fourth-order valence-corrected chi connectivity index (χ4v) is 3.17. The highest BCUT2D eigenvalue weighted by Crippen LogP contribution is 2.21. The summed E-state index contributed by atoms with van der Waals surface area (Å²) in [5.74, 6) is -1.17. The molecular weight excluding hydrogens is 373 g/mol. The highest BCUT2D eigenvalue weighted by molar-refractivity contribution is 7.92. The Morgan fingerprint density at radius 2 is 1.85 bits per heavy atom. The number of H-pyrrole nitrogens is 1. The Morgan fingerprint density at radius 1 is 1.11 bits per heavy atom. The molecule has 27 heavy (non-hydrogen) atoms. The van der Waals surface area contributed by atoms with Crippen LogP contribution in [0.5, 0.6) is 0 Å². The summed E-state index contributed by atoms with van der Waals surface area (Å²) in [4.78, 5) is 27.7. The Bertz CT molecular complexity index is 1220. The van der Waals surface area contributed by atoms with Crippen LogP contribution < -0.4 is 15.5 Å². The second-order valence-electron chi connectivity index (χ2n) is 6.06. The second-order valence-corrected chi connectivity index (χ2v) is 7.81. The molecule has 0 spiro atoms. The van der Waals surface area contributed by atoms with E-state index in [2.05, 4.69) is 15.0 Å². The standard InChI is InChI=1S/C18H16FN3O4S/c1-10-6-7-11(19)8-14(10)21-18(24)15-9-16(23)12-4-3-5-13(17(12)20-15)22-27(2,25)26/h3-9,22H,1-2H3,(H,20,23)(H,21,24). The van der Waals surface area contributed by atoms with Crippen molar-refractivity contribution in [3.8, 4) is 0 Å². The number of para-hydroxylation sites is 1. The van der Waals surface area contributed by atoms with E-state index >= 15 is 0 Å². The van der Waals surface area contributed by atoms with Crippen molar-refractivity contribution < 1.29 is 17.6 Å². The van der Waals surface area contributed by atoms with Gasteiger partial charge in [0.15, 0.2) is 5.43 Å². The number of aryl methyl sites for hydroxylation is 1. The van der Waals surface area contributed by atoms with Gasteiger partial charge >= 0.3 is 0 Å². The van der Waals surface area contributed by atoms with E-state index in [0.717, 1.165) is 12.3 Å². The van der Waals surface area contributed by atoms with Gasteiger partial charge < -0.3 is 10.3 Å². The van der Waals surface area contributed by atoms with E-state index in [-0.39, 0.29) is 28.0 Å². The topological polar surface area (TPSA) is 108 Å². The number of halogens is 1. The molecule has 0 atom stereocenters. The zero-order chi connectivity index (χ0) is 19.8. The first-order valence-corrected chi connectivity index (χ1v) is 9.74. The molecule has 1 amide bonds. The normalized spacial score (nSPS) is 11.4. The van der Waals surface area contributed by atoms with E-state index < -0.39 is 27.2 Å². The number of amides is 1. The smallest absolute Gasteiger partial charge is 0.272 e. The molecule has 0 aliphatic heterocycles. The third kappa shape index (κ3) is 4.14. The highest BCUT2D eigenvalue weighted by atomic mass is 32.2. The molecule has 1 aromatic heterocycles. The average Bonchev–Trinajstić information content (AvgIpc) is 2.57. The lowest BCUT2D eigenvalue weighted by Crippen LogP contribution is -2.18. The number of carbonyl (C=O) groups excluding carboxylic acids is 1. The molecule has 0 fully saturated rings. The van der Waals surface area contributed by atoms with Gasteiger partial charge in [-0.25, -0.2) is 12.8 Å². The summed E-state index contributed by atoms with van der Waals surface area (Å²) in [7, 11) is -3.59. The van der Waals surface area contributed by atoms with Crippen LogP contribution in [0.25, 0.3) is 10.9 Å². The van der Waals surface area contributed by atoms with Crippen molar-refractivity contribution in [2.75, 3.05) is 16.3 Å². The summed E-state index contributed by atoms with van der Waals surface area (Å²) < 4.78 is 38.8. The van der Waals surface area contributed by atoms with E-state index in [4.69, 9.17) is 0 Å². The van der Waals surface area contributed by atoms with Gasteiger partial charge in [-0.05, 0) is 36.8 Å². The van der Waals surface area contributed by atoms with Gasteiger partial charge in [-0.2, -0.15) is 0 Å². The Hall–Kier alpha value is -3.20. The minimum Gasteiger partial charge on any atom is -0.349 e. The number of benzene rings is 2. The molecule has 1 heterocycles. The molecule has 0 aliphatic carbocycles. The maximum atomic E-state index is 13.4. The monoisotopic (exact) mass is 389 g/mol. The Balaban J connectivity index is 2.07. The fraction of sp³-hybridized carbons (Fsp3) is 0.111. The lowest BCUT2D eigenvalue weighted by Gasteiger charge is -2.11. The van der Waals surface area contributed by atoms with Gasteiger partial charge in [0.2, 0.25) is 10.0 Å². The molecule has 2 aromatic carbocycles. The predicted molar refractivity (Wildman–Crippen MR) is 102 cm³/mol. The van der Waals surface area contributed by atoms with E-state index in [0.29, 0.717) is 5.56 Å². The number of sulfonamides is 1. The molecular formula is C18H16FN3O4S. The van der Waals surface area contributed by atoms with Crippen molar-refractivity contribution in [1.29, 1.82) is 0 Å². The number of carbonyl (C=O) groups is 1. The van der Waals surface area contributed by atoms with Crippen LogP contribution in [0.3, 0.4) is 0 Å². The summed E-state index contributed by atoms with van der Waals surface area (Å²) in [5, 5.41) is 2.76. The molecule has 3 rings (SSSR count). The number of pyridine rings is 1. The summed E-state index contributed by atoms with van der Waals surface area (Å²) in [6.45, 7) is 1.70. The van der Waals surface area contributed by atoms with Crippen LogP contribution in [0.15, 0.2) is 47.3 Å². The molecule has 0 aliphatic rings. The average molecular weight is 389 g/mol. The van der Waals surface area contributed by atoms with Crippen LogP contribution in [-0.4, -0.2) is 25.6 Å². The van der Waals surface area contributed by atoms with Crippen LogP contribution in [-0.2, 0) is 10.0 Å². The first-order chi connectivity index (χ1) is 12.6. The molecule has 7 nitrogen and oxygen atoms in total. The van der Waals surface area contributed by atoms with Gasteiger partial charge in [-0.1, -0.05) is 12.1 Å². The highest BCUT2D eigenvalue weighted by Gasteiger charge is 2.14. The van der Waals surface area contributed by atoms with Crippen molar-refractivity contribution in [2.24, 2.45) is 0 Å². The second kappa shape index (κ2) is 6.84. The molecule has 140 valence electrons. The number of aromatic amines is 1. The van der Waals surface area contributed by atoms with Crippen molar-refractivity contribution in [1.82, 2.24) is 4.98 Å². The first-order valence-electron chi connectivity index (χ1n) is 7.85. The number of aromatic nitrogens is 1. The predicted octanol–water partition coefficient (Wildman–Crippen LogP) is 2.60. The lowest BCUT2D eigenvalue weighted by atomic mass is 10.1. The Labute approximate surface area is 154 Å². The first kappa shape index (κ1) is 18.6. The number of hydrogen-bond acceptors (Lipinski definition) is 4. The van der Waals surface area contributed by atoms with Crippen LogP contribution in [0, 0.1) is 12.7 Å². The molecule has 0 radical (unpaired) electrons. The molecule has 0 saturated heterocycles. The SMILES string of the molecule is Cc1ccc(F)cc1NC(=O)c1cc(=O)c2cccc(NS(C)(=O)=O)c2[nH]1. The van der Waals surface area contributed by atoms with Crippen molar-refractivity contribution in [3.05, 3.63) is 69.8 Å². The number of fused-ring (bicyclic) bond motifs is 1. The van der Waals surface area contributed by atoms with Crippen LogP contribution in [0.2, 0.25) is 0 Å². The van der Waals surface area contributed by atoms with Crippen molar-refractivity contribution in [3.63, 3.8) is 0 Å². The third-order valence-electron chi connectivity index (χ3n) is 3.85. The largest absolute Gasteiger partial charge is 0.349 e. The van der Waals surface area contributed by atoms with Crippen molar-refractivity contribution in [2.45, 2.75) is 6.92 Å². The number of nitrogens with one attached hydrogen (secondary N) is 3. The number of anilines is 2. The van der Waals surface area contributed by atoms with Gasteiger partial charge in [-0.15, -0.1) is 0 Å². The molecule has 9 heteroatoms. The van der Waals surface area contributed by atoms with Crippen LogP contribution in [0.4, 0.5) is 15.8 Å². The quantitative estimate of drug-likeness (QED) is 0.637. The molecule has 3 aromatic rings. The van der Waals surface area contributed by atoms with Gasteiger partial charge in [-0.3, -0.25) is 14.3 Å². The molecule has 0 saturated carbocycles. The molecule has 0 bridgehead atoms. The van der Waals surface area contributed by atoms with Gasteiger partial charge in [0.1, 0.15) is 11.5 Å². The van der Waals surface area contributed by atoms with Gasteiger partial charge in [0.25, 0.3) is 5.91 Å². The molecule has 3 N–H and O–H groups in total. The number of rotatable bonds is 4. The summed E-state index contributed by atoms with van der Waals surface area (Å²) in [5.41, 5.74) is 0.692. The zero-order valence-corrected chi connectivity index (χ0v) is 15.3. The zero-order valence-electron chi connectivity index (χ0n) is 14.5. The Kier molecular flexibility index (Phi) is 4.71. The minimum atomic E-state index is -3.59. The Morgan fingerprint density at radius 3 is 2.56 bits per heavy atom.